The third-order valence-corrected chi connectivity index (χ3v) is 13.0. The lowest BCUT2D eigenvalue weighted by molar-refractivity contribution is -0.392. The smallest absolute Gasteiger partial charge is 0.301 e. The summed E-state index contributed by atoms with van der Waals surface area (Å²) in [6, 6.07) is 20.6. The second-order valence-electron chi connectivity index (χ2n) is 14.9. The van der Waals surface area contributed by atoms with Gasteiger partial charge in [-0.1, -0.05) is 59.6 Å². The number of aromatic hydroxyl groups is 1. The highest BCUT2D eigenvalue weighted by Gasteiger charge is 2.70. The van der Waals surface area contributed by atoms with E-state index in [1.807, 2.05) is 28.7 Å². The van der Waals surface area contributed by atoms with Crippen LogP contribution in [0.15, 0.2) is 90.5 Å². The zero-order chi connectivity index (χ0) is 41.5. The van der Waals surface area contributed by atoms with E-state index in [4.69, 9.17) is 16.3 Å². The predicted molar refractivity (Wildman–Crippen MR) is 220 cm³/mol. The van der Waals surface area contributed by atoms with Crippen molar-refractivity contribution in [2.75, 3.05) is 35.9 Å². The normalized spacial score (nSPS) is 24.9. The lowest BCUT2D eigenvalue weighted by Crippen LogP contribution is -2.53. The van der Waals surface area contributed by atoms with E-state index >= 15 is 9.59 Å². The Morgan fingerprint density at radius 1 is 0.862 bits per heavy atom. The van der Waals surface area contributed by atoms with Gasteiger partial charge in [0.05, 0.1) is 55.1 Å². The molecule has 4 aliphatic rings. The van der Waals surface area contributed by atoms with Gasteiger partial charge in [-0.25, -0.2) is 9.80 Å². The molecule has 0 bridgehead atoms. The topological polar surface area (TPSA) is 194 Å². The minimum absolute atomic E-state index is 0.0238. The van der Waals surface area contributed by atoms with E-state index in [9.17, 15) is 34.9 Å². The molecule has 0 radical (unpaired) electrons. The molecule has 0 aromatic heterocycles. The Morgan fingerprint density at radius 2 is 1.53 bits per heavy atom. The Bertz CT molecular complexity index is 2500. The van der Waals surface area contributed by atoms with Crippen LogP contribution in [0.3, 0.4) is 0 Å². The SMILES string of the molecule is COc1cc([C@H]2C3=CC[C@@H]4C(=O)N(c5cc([N+](=O)[O-])c(N(C)C)c([N+](=O)[O-])c5)C(=O)[C@@H]4[C@@H]3C[C@H]3C(=O)N(c4cccc(Cl)c4)C(=O)[C@@]23c2ccccc2)cc(I)c1O. The molecule has 1 saturated carbocycles. The maximum atomic E-state index is 15.5. The van der Waals surface area contributed by atoms with E-state index in [1.165, 1.54) is 32.2 Å². The number of halogens is 2. The van der Waals surface area contributed by atoms with Gasteiger partial charge in [0.1, 0.15) is 0 Å². The summed E-state index contributed by atoms with van der Waals surface area (Å²) in [7, 11) is 4.21. The van der Waals surface area contributed by atoms with E-state index in [0.29, 0.717) is 25.3 Å². The minimum atomic E-state index is -1.60. The second kappa shape index (κ2) is 14.2. The quantitative estimate of drug-likeness (QED) is 0.0635. The van der Waals surface area contributed by atoms with Gasteiger partial charge in [0.2, 0.25) is 23.6 Å². The number of amides is 4. The molecule has 0 unspecified atom stereocenters. The number of nitrogens with zero attached hydrogens (tertiary/aromatic N) is 5. The number of imide groups is 2. The standard InChI is InChI=1S/C41H33ClIN5O10/c1-44(2)35-30(47(54)55)17-24(18-31(35)48(56)57)45-37(50)26-13-12-25-27(33(26)39(45)52)19-28-38(51)46(23-11-7-10-22(42)16-23)40(53)41(28,21-8-5-4-6-9-21)34(25)20-14-29(43)36(49)32(15-20)58-3/h4-12,14-18,26-28,33-34,49H,13,19H2,1-3H3/t26-,27+,28-,33-,34-,41+/m0/s1. The first-order chi connectivity index (χ1) is 27.6. The van der Waals surface area contributed by atoms with Crippen LogP contribution < -0.4 is 19.4 Å². The molecule has 58 heavy (non-hydrogen) atoms. The number of carbonyl (C=O) groups excluding carboxylic acids is 4. The molecule has 15 nitrogen and oxygen atoms in total. The number of phenolic OH excluding ortho intramolecular Hbond substituents is 1. The summed E-state index contributed by atoms with van der Waals surface area (Å²) in [5.74, 6) is -7.45. The second-order valence-corrected chi connectivity index (χ2v) is 16.5. The average Bonchev–Trinajstić information content (AvgIpc) is 3.59. The lowest BCUT2D eigenvalue weighted by atomic mass is 9.49. The number of allylic oxidation sites excluding steroid dienone is 2. The highest BCUT2D eigenvalue weighted by molar-refractivity contribution is 14.1. The molecule has 8 rings (SSSR count). The van der Waals surface area contributed by atoms with Crippen molar-refractivity contribution in [3.63, 3.8) is 0 Å². The van der Waals surface area contributed by atoms with Gasteiger partial charge in [-0.3, -0.25) is 39.4 Å². The van der Waals surface area contributed by atoms with Gasteiger partial charge in [0, 0.05) is 37.2 Å². The molecule has 6 atom stereocenters. The van der Waals surface area contributed by atoms with Crippen LogP contribution in [0.25, 0.3) is 0 Å². The van der Waals surface area contributed by atoms with Crippen LogP contribution in [0.4, 0.5) is 28.4 Å². The molecule has 296 valence electrons. The van der Waals surface area contributed by atoms with Gasteiger partial charge >= 0.3 is 11.4 Å². The summed E-state index contributed by atoms with van der Waals surface area (Å²) >= 11 is 8.36. The number of rotatable bonds is 8. The summed E-state index contributed by atoms with van der Waals surface area (Å²) in [5, 5.41) is 35.8. The Labute approximate surface area is 349 Å². The number of carbonyl (C=O) groups is 4. The van der Waals surface area contributed by atoms with E-state index < -0.39 is 79.9 Å². The van der Waals surface area contributed by atoms with Crippen molar-refractivity contribution in [3.8, 4) is 11.5 Å². The number of benzene rings is 4. The number of phenols is 1. The molecule has 2 saturated heterocycles. The average molecular weight is 918 g/mol. The Kier molecular flexibility index (Phi) is 9.54. The van der Waals surface area contributed by atoms with Crippen molar-refractivity contribution in [1.29, 1.82) is 0 Å². The number of anilines is 3. The van der Waals surface area contributed by atoms with Crippen LogP contribution in [0.2, 0.25) is 5.02 Å². The third-order valence-electron chi connectivity index (χ3n) is 11.9. The number of hydrogen-bond donors (Lipinski definition) is 1. The molecule has 0 spiro atoms. The summed E-state index contributed by atoms with van der Waals surface area (Å²) in [5.41, 5.74) is -1.65. The Balaban J connectivity index is 1.35. The molecule has 2 aliphatic heterocycles. The fraction of sp³-hybridized carbons (Fsp3) is 0.268. The van der Waals surface area contributed by atoms with Crippen molar-refractivity contribution in [2.24, 2.45) is 23.7 Å². The fourth-order valence-corrected chi connectivity index (χ4v) is 10.6. The number of fused-ring (bicyclic) bond motifs is 4. The first-order valence-corrected chi connectivity index (χ1v) is 19.6. The Hall–Kier alpha value is -5.88. The van der Waals surface area contributed by atoms with Crippen molar-refractivity contribution in [2.45, 2.75) is 24.2 Å². The van der Waals surface area contributed by atoms with Gasteiger partial charge in [0.15, 0.2) is 17.2 Å². The van der Waals surface area contributed by atoms with Crippen molar-refractivity contribution in [1.82, 2.24) is 0 Å². The maximum absolute atomic E-state index is 15.5. The van der Waals surface area contributed by atoms with Crippen molar-refractivity contribution in [3.05, 3.63) is 130 Å². The zero-order valence-corrected chi connectivity index (χ0v) is 33.9. The summed E-state index contributed by atoms with van der Waals surface area (Å²) in [6.45, 7) is 0. The molecule has 2 aliphatic carbocycles. The molecule has 4 amide bonds. The molecular weight excluding hydrogens is 885 g/mol. The number of hydrogen-bond acceptors (Lipinski definition) is 11. The van der Waals surface area contributed by atoms with E-state index in [0.717, 1.165) is 21.9 Å². The van der Waals surface area contributed by atoms with Crippen LogP contribution in [0.1, 0.15) is 29.9 Å². The number of methoxy groups -OCH3 is 1. The molecule has 17 heteroatoms. The number of nitro benzene ring substituents is 2. The van der Waals surface area contributed by atoms with Crippen molar-refractivity contribution < 1.29 is 38.9 Å². The van der Waals surface area contributed by atoms with Gasteiger partial charge in [0.25, 0.3) is 0 Å². The maximum Gasteiger partial charge on any atom is 0.301 e. The lowest BCUT2D eigenvalue weighted by Gasteiger charge is -2.50. The first-order valence-electron chi connectivity index (χ1n) is 18.1. The monoisotopic (exact) mass is 917 g/mol. The minimum Gasteiger partial charge on any atom is -0.504 e. The molecule has 2 heterocycles. The third kappa shape index (κ3) is 5.59. The molecular formula is C41H33ClIN5O10. The summed E-state index contributed by atoms with van der Waals surface area (Å²) in [4.78, 5) is 85.7. The fourth-order valence-electron chi connectivity index (χ4n) is 9.74. The highest BCUT2D eigenvalue weighted by Crippen LogP contribution is 2.65. The van der Waals surface area contributed by atoms with Crippen LogP contribution in [0, 0.1) is 47.5 Å². The van der Waals surface area contributed by atoms with E-state index in [2.05, 4.69) is 0 Å². The van der Waals surface area contributed by atoms with Gasteiger partial charge < -0.3 is 14.7 Å². The largest absolute Gasteiger partial charge is 0.504 e. The molecule has 1 N–H and O–H groups in total. The van der Waals surface area contributed by atoms with Crippen LogP contribution >= 0.6 is 34.2 Å². The summed E-state index contributed by atoms with van der Waals surface area (Å²) in [6.07, 6.45) is 1.81. The number of ether oxygens (including phenoxy) is 1. The van der Waals surface area contributed by atoms with E-state index in [1.54, 1.807) is 60.7 Å². The van der Waals surface area contributed by atoms with Crippen LogP contribution in [0.5, 0.6) is 11.5 Å². The number of nitro groups is 2. The van der Waals surface area contributed by atoms with Gasteiger partial charge in [-0.05, 0) is 82.8 Å². The predicted octanol–water partition coefficient (Wildman–Crippen LogP) is 6.91. The van der Waals surface area contributed by atoms with Gasteiger partial charge in [-0.2, -0.15) is 0 Å². The summed E-state index contributed by atoms with van der Waals surface area (Å²) < 4.78 is 5.98. The first kappa shape index (κ1) is 39.0. The van der Waals surface area contributed by atoms with Gasteiger partial charge in [-0.15, -0.1) is 0 Å². The Morgan fingerprint density at radius 3 is 2.14 bits per heavy atom. The van der Waals surface area contributed by atoms with Crippen LogP contribution in [-0.2, 0) is 24.6 Å². The molecule has 3 fully saturated rings. The molecule has 4 aromatic rings. The molecule has 4 aromatic carbocycles. The van der Waals surface area contributed by atoms with E-state index in [-0.39, 0.29) is 41.4 Å². The van der Waals surface area contributed by atoms with Crippen LogP contribution in [-0.4, -0.2) is 59.8 Å². The van der Waals surface area contributed by atoms with Crippen molar-refractivity contribution >= 4 is 86.3 Å². The highest BCUT2D eigenvalue weighted by atomic mass is 127. The zero-order valence-electron chi connectivity index (χ0n) is 31.0.